The van der Waals surface area contributed by atoms with Gasteiger partial charge in [-0.2, -0.15) is 0 Å². The van der Waals surface area contributed by atoms with Crippen LogP contribution in [0.5, 0.6) is 0 Å². The molecule has 1 N–H and O–H groups in total. The van der Waals surface area contributed by atoms with Crippen molar-refractivity contribution in [2.24, 2.45) is 0 Å². The Bertz CT molecular complexity index is 464. The van der Waals surface area contributed by atoms with Crippen LogP contribution in [0.15, 0.2) is 30.3 Å². The topological polar surface area (TPSA) is 55.8 Å². The lowest BCUT2D eigenvalue weighted by atomic mass is 10.2. The van der Waals surface area contributed by atoms with E-state index in [1.54, 1.807) is 24.3 Å². The van der Waals surface area contributed by atoms with Gasteiger partial charge in [0.05, 0.1) is 0 Å². The van der Waals surface area contributed by atoms with Gasteiger partial charge in [0, 0.05) is 24.3 Å². The van der Waals surface area contributed by atoms with Gasteiger partial charge in [-0.1, -0.05) is 35.3 Å². The molecular weight excluding hydrogens is 298 g/mol. The zero-order valence-electron chi connectivity index (χ0n) is 9.84. The number of halogens is 2. The summed E-state index contributed by atoms with van der Waals surface area (Å²) in [5.74, 6) is -1.43. The molecule has 0 aliphatic heterocycles. The summed E-state index contributed by atoms with van der Waals surface area (Å²) in [6.45, 7) is 0. The van der Waals surface area contributed by atoms with Crippen molar-refractivity contribution in [1.82, 2.24) is 0 Å². The fourth-order valence-corrected chi connectivity index (χ4v) is 2.59. The summed E-state index contributed by atoms with van der Waals surface area (Å²) in [5.41, 5.74) is 0.638. The van der Waals surface area contributed by atoms with Gasteiger partial charge in [0.2, 0.25) is 0 Å². The fraction of sp³-hybridized carbons (Fsp3) is 0.273. The van der Waals surface area contributed by atoms with Crippen LogP contribution in [0.3, 0.4) is 0 Å². The summed E-state index contributed by atoms with van der Waals surface area (Å²) in [6, 6.07) is 6.67. The lowest BCUT2D eigenvalue weighted by molar-refractivity contribution is 0.201. The third kappa shape index (κ3) is 3.82. The maximum atomic E-state index is 11.9. The Balaban J connectivity index is 2.96. The number of aliphatic hydroxyl groups excluding tert-OH is 1. The van der Waals surface area contributed by atoms with E-state index in [1.165, 1.54) is 20.3 Å². The van der Waals surface area contributed by atoms with Crippen LogP contribution >= 0.6 is 30.8 Å². The van der Waals surface area contributed by atoms with Crippen LogP contribution in [-0.4, -0.2) is 25.2 Å². The van der Waals surface area contributed by atoms with Gasteiger partial charge in [0.25, 0.3) is 0 Å². The van der Waals surface area contributed by atoms with Crippen molar-refractivity contribution in [3.8, 4) is 0 Å². The molecule has 18 heavy (non-hydrogen) atoms. The van der Waals surface area contributed by atoms with Gasteiger partial charge in [-0.15, -0.1) is 0 Å². The molecule has 4 nitrogen and oxygen atoms in total. The predicted octanol–water partition coefficient (Wildman–Crippen LogP) is 3.72. The van der Waals surface area contributed by atoms with E-state index < -0.39 is 13.4 Å². The van der Waals surface area contributed by atoms with Crippen molar-refractivity contribution in [3.05, 3.63) is 40.9 Å². The largest absolute Gasteiger partial charge is 0.377 e. The lowest BCUT2D eigenvalue weighted by Gasteiger charge is -2.17. The summed E-state index contributed by atoms with van der Waals surface area (Å²) in [5, 5.41) is 10.6. The molecule has 0 radical (unpaired) electrons. The number of benzene rings is 1. The molecule has 0 heterocycles. The van der Waals surface area contributed by atoms with Gasteiger partial charge in [0.1, 0.15) is 0 Å². The first-order chi connectivity index (χ1) is 8.42. The minimum absolute atomic E-state index is 0.230. The van der Waals surface area contributed by atoms with Crippen LogP contribution in [0.25, 0.3) is 5.03 Å². The average Bonchev–Trinajstić information content (AvgIpc) is 2.38. The first-order valence-electron chi connectivity index (χ1n) is 4.95. The van der Waals surface area contributed by atoms with Crippen LogP contribution in [-0.2, 0) is 13.6 Å². The summed E-state index contributed by atoms with van der Waals surface area (Å²) in [7, 11) is -1.20. The van der Waals surface area contributed by atoms with Gasteiger partial charge in [-0.05, 0) is 23.8 Å². The summed E-state index contributed by atoms with van der Waals surface area (Å²) < 4.78 is 21.2. The Morgan fingerprint density at radius 2 is 1.83 bits per heavy atom. The molecule has 0 bridgehead atoms. The molecule has 0 spiro atoms. The zero-order chi connectivity index (χ0) is 13.8. The highest BCUT2D eigenvalue weighted by molar-refractivity contribution is 7.54. The van der Waals surface area contributed by atoms with Gasteiger partial charge in [-0.25, -0.2) is 0 Å². The van der Waals surface area contributed by atoms with Crippen LogP contribution in [0, 0.1) is 0 Å². The quantitative estimate of drug-likeness (QED) is 0.842. The molecule has 0 aromatic heterocycles. The SMILES string of the molecule is COP(=O)(OC)[C@@H](O)/C=C(\Cl)c1ccc(Cl)cc1. The van der Waals surface area contributed by atoms with Crippen LogP contribution < -0.4 is 0 Å². The molecule has 0 aliphatic rings. The highest BCUT2D eigenvalue weighted by Crippen LogP contribution is 2.51. The van der Waals surface area contributed by atoms with E-state index in [0.717, 1.165) is 0 Å². The molecule has 1 rings (SSSR count). The van der Waals surface area contributed by atoms with E-state index in [1.807, 2.05) is 0 Å². The minimum atomic E-state index is -3.59. The molecule has 7 heteroatoms. The van der Waals surface area contributed by atoms with Crippen molar-refractivity contribution in [3.63, 3.8) is 0 Å². The maximum Gasteiger partial charge on any atom is 0.362 e. The standard InChI is InChI=1S/C11H13Cl2O4P/c1-16-18(15,17-2)11(14)7-10(13)8-3-5-9(12)6-4-8/h3-7,11,14H,1-2H3/b10-7-/t11-/m1/s1. The van der Waals surface area contributed by atoms with Gasteiger partial charge >= 0.3 is 7.60 Å². The third-order valence-corrected chi connectivity index (χ3v) is 4.66. The Labute approximate surface area is 116 Å². The molecule has 0 aliphatic carbocycles. The van der Waals surface area contributed by atoms with Crippen molar-refractivity contribution < 1.29 is 18.7 Å². The van der Waals surface area contributed by atoms with Crippen LogP contribution in [0.1, 0.15) is 5.56 Å². The van der Waals surface area contributed by atoms with Crippen molar-refractivity contribution in [2.45, 2.75) is 5.85 Å². The molecule has 1 aromatic carbocycles. The highest BCUT2D eigenvalue weighted by atomic mass is 35.5. The zero-order valence-corrected chi connectivity index (χ0v) is 12.2. The maximum absolute atomic E-state index is 11.9. The number of hydrogen-bond acceptors (Lipinski definition) is 4. The third-order valence-electron chi connectivity index (χ3n) is 2.25. The van der Waals surface area contributed by atoms with E-state index >= 15 is 0 Å². The molecule has 0 amide bonds. The second-order valence-corrected chi connectivity index (χ2v) is 6.52. The fourth-order valence-electron chi connectivity index (χ4n) is 1.22. The summed E-state index contributed by atoms with van der Waals surface area (Å²) >= 11 is 11.7. The first-order valence-corrected chi connectivity index (χ1v) is 7.32. The Hall–Kier alpha value is -0.350. The molecular formula is C11H13Cl2O4P. The molecule has 0 saturated carbocycles. The van der Waals surface area contributed by atoms with E-state index in [4.69, 9.17) is 23.2 Å². The van der Waals surface area contributed by atoms with E-state index in [0.29, 0.717) is 10.6 Å². The summed E-state index contributed by atoms with van der Waals surface area (Å²) in [6.07, 6.45) is 1.21. The normalized spacial score (nSPS) is 14.6. The molecule has 0 unspecified atom stereocenters. The van der Waals surface area contributed by atoms with Crippen molar-refractivity contribution >= 4 is 35.8 Å². The lowest BCUT2D eigenvalue weighted by Crippen LogP contribution is -2.07. The Morgan fingerprint density at radius 1 is 1.33 bits per heavy atom. The Morgan fingerprint density at radius 3 is 2.28 bits per heavy atom. The summed E-state index contributed by atoms with van der Waals surface area (Å²) in [4.78, 5) is 0. The Kier molecular flexibility index (Phi) is 5.86. The number of hydrogen-bond donors (Lipinski definition) is 1. The second-order valence-electron chi connectivity index (χ2n) is 3.34. The van der Waals surface area contributed by atoms with Crippen LogP contribution in [0.4, 0.5) is 0 Å². The van der Waals surface area contributed by atoms with E-state index in [9.17, 15) is 9.67 Å². The van der Waals surface area contributed by atoms with Crippen molar-refractivity contribution in [2.75, 3.05) is 14.2 Å². The van der Waals surface area contributed by atoms with Crippen LogP contribution in [0.2, 0.25) is 5.02 Å². The van der Waals surface area contributed by atoms with E-state index in [2.05, 4.69) is 9.05 Å². The average molecular weight is 311 g/mol. The van der Waals surface area contributed by atoms with Gasteiger partial charge in [0.15, 0.2) is 5.85 Å². The van der Waals surface area contributed by atoms with Gasteiger partial charge < -0.3 is 14.2 Å². The minimum Gasteiger partial charge on any atom is -0.377 e. The predicted molar refractivity (Wildman–Crippen MR) is 72.9 cm³/mol. The van der Waals surface area contributed by atoms with Gasteiger partial charge in [-0.3, -0.25) is 4.57 Å². The van der Waals surface area contributed by atoms with E-state index in [-0.39, 0.29) is 5.03 Å². The molecule has 0 saturated heterocycles. The highest BCUT2D eigenvalue weighted by Gasteiger charge is 2.30. The smallest absolute Gasteiger partial charge is 0.362 e. The van der Waals surface area contributed by atoms with Crippen molar-refractivity contribution in [1.29, 1.82) is 0 Å². The molecule has 1 aromatic rings. The number of aliphatic hydroxyl groups is 1. The first kappa shape index (κ1) is 15.7. The second kappa shape index (κ2) is 6.71. The monoisotopic (exact) mass is 310 g/mol. The molecule has 0 fully saturated rings. The molecule has 100 valence electrons. The molecule has 1 atom stereocenters. The number of rotatable bonds is 5.